The Balaban J connectivity index is 1.11. The Bertz CT molecular complexity index is 3240. The van der Waals surface area contributed by atoms with Gasteiger partial charge in [0.1, 0.15) is 0 Å². The molecule has 2 heteroatoms. The zero-order chi connectivity index (χ0) is 38.4. The molecule has 0 atom stereocenters. The third-order valence-electron chi connectivity index (χ3n) is 11.6. The first kappa shape index (κ1) is 33.6. The number of anilines is 3. The number of rotatable bonds is 7. The predicted molar refractivity (Wildman–Crippen MR) is 247 cm³/mol. The van der Waals surface area contributed by atoms with Crippen LogP contribution in [0.2, 0.25) is 0 Å². The lowest BCUT2D eigenvalue weighted by Gasteiger charge is -2.26. The van der Waals surface area contributed by atoms with E-state index < -0.39 is 0 Å². The molecule has 0 aliphatic heterocycles. The molecular formula is C56H38N2. The highest BCUT2D eigenvalue weighted by Gasteiger charge is 2.20. The molecule has 11 rings (SSSR count). The molecule has 0 saturated carbocycles. The van der Waals surface area contributed by atoms with E-state index in [9.17, 15) is 0 Å². The van der Waals surface area contributed by atoms with Gasteiger partial charge in [0, 0.05) is 33.5 Å². The fourth-order valence-corrected chi connectivity index (χ4v) is 8.87. The Kier molecular flexibility index (Phi) is 8.19. The minimum absolute atomic E-state index is 1.09. The minimum Gasteiger partial charge on any atom is -0.310 e. The first-order valence-electron chi connectivity index (χ1n) is 19.9. The van der Waals surface area contributed by atoms with E-state index >= 15 is 0 Å². The summed E-state index contributed by atoms with van der Waals surface area (Å²) in [4.78, 5) is 2.39. The summed E-state index contributed by atoms with van der Waals surface area (Å²) in [5.74, 6) is 0. The number of nitrogens with zero attached hydrogens (tertiary/aromatic N) is 2. The minimum atomic E-state index is 1.09. The maximum Gasteiger partial charge on any atom is 0.0562 e. The Morgan fingerprint density at radius 3 is 1.53 bits per heavy atom. The van der Waals surface area contributed by atoms with Crippen LogP contribution in [0.15, 0.2) is 231 Å². The zero-order valence-corrected chi connectivity index (χ0v) is 31.8. The zero-order valence-electron chi connectivity index (χ0n) is 31.8. The number of hydrogen-bond acceptors (Lipinski definition) is 1. The summed E-state index contributed by atoms with van der Waals surface area (Å²) in [6.45, 7) is 0. The van der Waals surface area contributed by atoms with Gasteiger partial charge >= 0.3 is 0 Å². The van der Waals surface area contributed by atoms with Gasteiger partial charge < -0.3 is 9.47 Å². The van der Waals surface area contributed by atoms with E-state index in [4.69, 9.17) is 0 Å². The molecule has 0 fully saturated rings. The third-order valence-corrected chi connectivity index (χ3v) is 11.6. The summed E-state index contributed by atoms with van der Waals surface area (Å²) in [7, 11) is 0. The van der Waals surface area contributed by atoms with E-state index in [1.807, 2.05) is 0 Å². The standard InChI is InChI=1S/C56H38N2/c1-4-15-39(16-5-1)40-27-31-45(32-28-40)57(46-33-29-42(30-34-46)53-37-43-19-10-11-22-48(43)50-23-12-13-24-51(50)53)47-35-36-52-55(38-47)58(44-20-8-3-9-21-44)54-26-14-25-49(56(52)54)41-17-6-2-7-18-41/h1-38H. The van der Waals surface area contributed by atoms with Crippen molar-refractivity contribution in [1.82, 2.24) is 4.57 Å². The van der Waals surface area contributed by atoms with Crippen LogP contribution in [0.3, 0.4) is 0 Å². The molecule has 0 amide bonds. The first-order valence-corrected chi connectivity index (χ1v) is 19.9. The van der Waals surface area contributed by atoms with Gasteiger partial charge in [0.05, 0.1) is 11.0 Å². The van der Waals surface area contributed by atoms with Gasteiger partial charge in [-0.05, 0) is 116 Å². The lowest BCUT2D eigenvalue weighted by atomic mass is 9.93. The molecule has 0 unspecified atom stereocenters. The normalized spacial score (nSPS) is 11.4. The summed E-state index contributed by atoms with van der Waals surface area (Å²) >= 11 is 0. The topological polar surface area (TPSA) is 8.17 Å². The molecule has 1 aromatic heterocycles. The highest BCUT2D eigenvalue weighted by atomic mass is 15.1. The molecule has 0 N–H and O–H groups in total. The number of hydrogen-bond donors (Lipinski definition) is 0. The van der Waals surface area contributed by atoms with E-state index in [2.05, 4.69) is 240 Å². The maximum absolute atomic E-state index is 2.42. The molecule has 58 heavy (non-hydrogen) atoms. The van der Waals surface area contributed by atoms with Crippen LogP contribution in [0.1, 0.15) is 0 Å². The fraction of sp³-hybridized carbons (Fsp3) is 0. The van der Waals surface area contributed by atoms with Gasteiger partial charge in [0.15, 0.2) is 0 Å². The molecule has 0 aliphatic rings. The van der Waals surface area contributed by atoms with Crippen molar-refractivity contribution in [2.75, 3.05) is 4.90 Å². The van der Waals surface area contributed by atoms with Crippen molar-refractivity contribution in [3.63, 3.8) is 0 Å². The number of fused-ring (bicyclic) bond motifs is 6. The summed E-state index contributed by atoms with van der Waals surface area (Å²) in [5, 5.41) is 7.54. The van der Waals surface area contributed by atoms with Gasteiger partial charge in [-0.25, -0.2) is 0 Å². The third kappa shape index (κ3) is 5.74. The van der Waals surface area contributed by atoms with Gasteiger partial charge in [0.2, 0.25) is 0 Å². The van der Waals surface area contributed by atoms with Gasteiger partial charge in [-0.15, -0.1) is 0 Å². The number of para-hydroxylation sites is 1. The molecule has 10 aromatic carbocycles. The van der Waals surface area contributed by atoms with E-state index in [1.165, 1.54) is 71.2 Å². The van der Waals surface area contributed by atoms with E-state index in [1.54, 1.807) is 0 Å². The smallest absolute Gasteiger partial charge is 0.0562 e. The molecule has 0 spiro atoms. The molecule has 1 heterocycles. The van der Waals surface area contributed by atoms with Crippen LogP contribution in [0.25, 0.3) is 82.4 Å². The van der Waals surface area contributed by atoms with Gasteiger partial charge in [-0.2, -0.15) is 0 Å². The SMILES string of the molecule is c1ccc(-c2ccc(N(c3ccc(-c4cc5ccccc5c5ccccc45)cc3)c3ccc4c5c(-c6ccccc6)cccc5n(-c5ccccc5)c4c3)cc2)cc1. The van der Waals surface area contributed by atoms with Crippen LogP contribution in [-0.2, 0) is 0 Å². The first-order chi connectivity index (χ1) is 28.8. The van der Waals surface area contributed by atoms with Crippen LogP contribution >= 0.6 is 0 Å². The average molecular weight is 739 g/mol. The molecule has 2 nitrogen and oxygen atoms in total. The highest BCUT2D eigenvalue weighted by Crippen LogP contribution is 2.43. The van der Waals surface area contributed by atoms with Crippen LogP contribution in [0.4, 0.5) is 17.1 Å². The quantitative estimate of drug-likeness (QED) is 0.148. The molecule has 11 aromatic rings. The van der Waals surface area contributed by atoms with Crippen LogP contribution in [-0.4, -0.2) is 4.57 Å². The fourth-order valence-electron chi connectivity index (χ4n) is 8.87. The Morgan fingerprint density at radius 1 is 0.293 bits per heavy atom. The number of benzene rings is 10. The lowest BCUT2D eigenvalue weighted by molar-refractivity contribution is 1.18. The second-order valence-corrected chi connectivity index (χ2v) is 14.9. The van der Waals surface area contributed by atoms with Crippen LogP contribution in [0.5, 0.6) is 0 Å². The summed E-state index contributed by atoms with van der Waals surface area (Å²) in [6.07, 6.45) is 0. The van der Waals surface area contributed by atoms with Crippen molar-refractivity contribution in [2.24, 2.45) is 0 Å². The molecule has 0 radical (unpaired) electrons. The summed E-state index contributed by atoms with van der Waals surface area (Å²) in [6, 6.07) is 83.6. The van der Waals surface area contributed by atoms with Crippen molar-refractivity contribution in [2.45, 2.75) is 0 Å². The second kappa shape index (κ2) is 14.1. The van der Waals surface area contributed by atoms with E-state index in [0.29, 0.717) is 0 Å². The molecular weight excluding hydrogens is 701 g/mol. The van der Waals surface area contributed by atoms with Crippen molar-refractivity contribution in [1.29, 1.82) is 0 Å². The van der Waals surface area contributed by atoms with E-state index in [-0.39, 0.29) is 0 Å². The van der Waals surface area contributed by atoms with Crippen molar-refractivity contribution >= 4 is 60.4 Å². The van der Waals surface area contributed by atoms with Gasteiger partial charge in [-0.1, -0.05) is 170 Å². The Labute approximate surface area is 338 Å². The van der Waals surface area contributed by atoms with Crippen LogP contribution in [0, 0.1) is 0 Å². The van der Waals surface area contributed by atoms with Crippen molar-refractivity contribution in [3.8, 4) is 39.1 Å². The maximum atomic E-state index is 2.42. The summed E-state index contributed by atoms with van der Waals surface area (Å²) < 4.78 is 2.42. The van der Waals surface area contributed by atoms with Crippen molar-refractivity contribution in [3.05, 3.63) is 231 Å². The molecule has 0 saturated heterocycles. The molecule has 272 valence electrons. The summed E-state index contributed by atoms with van der Waals surface area (Å²) in [5.41, 5.74) is 14.0. The Morgan fingerprint density at radius 2 is 0.828 bits per heavy atom. The Hall–Kier alpha value is -7.68. The van der Waals surface area contributed by atoms with Crippen molar-refractivity contribution < 1.29 is 0 Å². The highest BCUT2D eigenvalue weighted by molar-refractivity contribution is 6.17. The predicted octanol–water partition coefficient (Wildman–Crippen LogP) is 15.6. The molecule has 0 bridgehead atoms. The lowest BCUT2D eigenvalue weighted by Crippen LogP contribution is -2.10. The van der Waals surface area contributed by atoms with Gasteiger partial charge in [-0.3, -0.25) is 0 Å². The number of aromatic nitrogens is 1. The van der Waals surface area contributed by atoms with E-state index in [0.717, 1.165) is 28.3 Å². The molecule has 0 aliphatic carbocycles. The second-order valence-electron chi connectivity index (χ2n) is 14.9. The largest absolute Gasteiger partial charge is 0.310 e. The van der Waals surface area contributed by atoms with Crippen LogP contribution < -0.4 is 4.90 Å². The van der Waals surface area contributed by atoms with Gasteiger partial charge in [0.25, 0.3) is 0 Å². The average Bonchev–Trinajstić information content (AvgIpc) is 3.64. The monoisotopic (exact) mass is 738 g/mol.